The summed E-state index contributed by atoms with van der Waals surface area (Å²) in [6, 6.07) is 0. The molecule has 12 heavy (non-hydrogen) atoms. The van der Waals surface area contributed by atoms with Gasteiger partial charge >= 0.3 is 11.9 Å². The number of rotatable bonds is 5. The maximum absolute atomic E-state index is 10.4. The number of allylic oxidation sites excluding steroid dienone is 1. The van der Waals surface area contributed by atoms with Crippen LogP contribution in [0, 0.1) is 0 Å². The van der Waals surface area contributed by atoms with Crippen LogP contribution in [-0.2, 0) is 14.4 Å². The average molecular weight is 173 g/mol. The lowest BCUT2D eigenvalue weighted by molar-refractivity contribution is -0.143. The Morgan fingerprint density at radius 3 is 2.58 bits per heavy atom. The summed E-state index contributed by atoms with van der Waals surface area (Å²) < 4.78 is 0. The molecule has 0 spiro atoms. The highest BCUT2D eigenvalue weighted by molar-refractivity contribution is 5.70. The van der Waals surface area contributed by atoms with Crippen molar-refractivity contribution in [2.75, 3.05) is 0 Å². The molecule has 68 valence electrons. The highest BCUT2D eigenvalue weighted by Gasteiger charge is 1.95. The second-order valence-electron chi connectivity index (χ2n) is 2.10. The first-order valence-corrected chi connectivity index (χ1v) is 3.43. The summed E-state index contributed by atoms with van der Waals surface area (Å²) in [6.07, 6.45) is 3.68. The fourth-order valence-corrected chi connectivity index (χ4v) is 0.552. The number of aliphatic carboxylic acids is 1. The van der Waals surface area contributed by atoms with Gasteiger partial charge in [-0.25, -0.2) is 0 Å². The smallest absolute Gasteiger partial charge is 0.328 e. The zero-order valence-electron chi connectivity index (χ0n) is 6.53. The molecular formula is C7H11NO4. The zero-order valence-corrected chi connectivity index (χ0v) is 6.53. The van der Waals surface area contributed by atoms with Crippen molar-refractivity contribution in [2.24, 2.45) is 5.90 Å². The van der Waals surface area contributed by atoms with Crippen LogP contribution in [0.1, 0.15) is 19.3 Å². The molecular weight excluding hydrogens is 162 g/mol. The van der Waals surface area contributed by atoms with Gasteiger partial charge in [0.15, 0.2) is 0 Å². The molecule has 0 saturated heterocycles. The second kappa shape index (κ2) is 6.36. The van der Waals surface area contributed by atoms with Gasteiger partial charge in [0.05, 0.1) is 6.42 Å². The largest absolute Gasteiger partial charge is 0.481 e. The molecule has 0 radical (unpaired) electrons. The van der Waals surface area contributed by atoms with Crippen molar-refractivity contribution in [2.45, 2.75) is 19.3 Å². The topological polar surface area (TPSA) is 89.6 Å². The van der Waals surface area contributed by atoms with Crippen molar-refractivity contribution < 1.29 is 19.5 Å². The highest BCUT2D eigenvalue weighted by Crippen LogP contribution is 1.93. The highest BCUT2D eigenvalue weighted by atomic mass is 16.7. The Labute approximate surface area is 69.8 Å². The van der Waals surface area contributed by atoms with Crippen LogP contribution in [0.2, 0.25) is 0 Å². The molecule has 0 saturated carbocycles. The molecule has 5 heteroatoms. The van der Waals surface area contributed by atoms with Crippen LogP contribution in [0.5, 0.6) is 0 Å². The molecule has 0 aliphatic heterocycles. The van der Waals surface area contributed by atoms with Crippen molar-refractivity contribution in [1.29, 1.82) is 0 Å². The number of nitrogens with two attached hydrogens (primary N) is 1. The van der Waals surface area contributed by atoms with Crippen molar-refractivity contribution in [3.8, 4) is 0 Å². The second-order valence-corrected chi connectivity index (χ2v) is 2.10. The van der Waals surface area contributed by atoms with Crippen LogP contribution in [0.15, 0.2) is 12.2 Å². The van der Waals surface area contributed by atoms with Gasteiger partial charge in [-0.05, 0) is 6.42 Å². The Bertz CT molecular complexity index is 188. The summed E-state index contributed by atoms with van der Waals surface area (Å²) >= 11 is 0. The van der Waals surface area contributed by atoms with E-state index in [1.54, 1.807) is 6.08 Å². The normalized spacial score (nSPS) is 10.1. The fourth-order valence-electron chi connectivity index (χ4n) is 0.552. The van der Waals surface area contributed by atoms with Gasteiger partial charge in [-0.2, -0.15) is 5.90 Å². The van der Waals surface area contributed by atoms with Crippen LogP contribution in [-0.4, -0.2) is 17.0 Å². The van der Waals surface area contributed by atoms with Gasteiger partial charge in [-0.3, -0.25) is 9.59 Å². The average Bonchev–Trinajstić information content (AvgIpc) is 2.03. The number of carbonyl (C=O) groups excluding carboxylic acids is 1. The molecule has 0 aromatic heterocycles. The third-order valence-corrected chi connectivity index (χ3v) is 1.11. The third kappa shape index (κ3) is 6.76. The Balaban J connectivity index is 3.37. The van der Waals surface area contributed by atoms with E-state index in [1.165, 1.54) is 6.08 Å². The van der Waals surface area contributed by atoms with Gasteiger partial charge < -0.3 is 9.94 Å². The Hall–Kier alpha value is -1.36. The van der Waals surface area contributed by atoms with Crippen LogP contribution in [0.4, 0.5) is 0 Å². The summed E-state index contributed by atoms with van der Waals surface area (Å²) in [5.41, 5.74) is 0. The van der Waals surface area contributed by atoms with E-state index in [0.717, 1.165) is 0 Å². The van der Waals surface area contributed by atoms with Crippen molar-refractivity contribution in [3.05, 3.63) is 12.2 Å². The van der Waals surface area contributed by atoms with Gasteiger partial charge in [0.25, 0.3) is 0 Å². The molecule has 0 aromatic rings. The van der Waals surface area contributed by atoms with Gasteiger partial charge in [0.1, 0.15) is 0 Å². The van der Waals surface area contributed by atoms with Crippen LogP contribution < -0.4 is 5.90 Å². The molecule has 0 bridgehead atoms. The third-order valence-electron chi connectivity index (χ3n) is 1.11. The number of carboxylic acid groups (broad SMARTS) is 1. The molecule has 0 heterocycles. The van der Waals surface area contributed by atoms with E-state index in [-0.39, 0.29) is 12.8 Å². The Kier molecular flexibility index (Phi) is 5.64. The molecule has 0 fully saturated rings. The predicted octanol–water partition coefficient (Wildman–Crippen LogP) is 0.214. The molecule has 0 aliphatic carbocycles. The molecule has 0 aliphatic rings. The van der Waals surface area contributed by atoms with E-state index in [1.807, 2.05) is 0 Å². The van der Waals surface area contributed by atoms with Gasteiger partial charge in [-0.15, -0.1) is 0 Å². The fraction of sp³-hybridized carbons (Fsp3) is 0.429. The summed E-state index contributed by atoms with van der Waals surface area (Å²) in [6.45, 7) is 0. The number of carboxylic acids is 1. The molecule has 0 atom stereocenters. The maximum Gasteiger partial charge on any atom is 0.328 e. The minimum atomic E-state index is -0.860. The monoisotopic (exact) mass is 173 g/mol. The molecule has 3 N–H and O–H groups in total. The summed E-state index contributed by atoms with van der Waals surface area (Å²) in [4.78, 5) is 24.3. The molecule has 5 nitrogen and oxygen atoms in total. The lowest BCUT2D eigenvalue weighted by atomic mass is 10.2. The standard InChI is InChI=1S/C7H11NO4/c8-12-7(11)5-3-1-2-4-6(9)10/h1,3H,2,4-5,8H2,(H,9,10). The zero-order chi connectivity index (χ0) is 9.40. The molecule has 0 unspecified atom stereocenters. The van der Waals surface area contributed by atoms with E-state index >= 15 is 0 Å². The SMILES string of the molecule is NOC(=O)CC=CCCC(=O)O. The van der Waals surface area contributed by atoms with Gasteiger partial charge in [-0.1, -0.05) is 12.2 Å². The van der Waals surface area contributed by atoms with Gasteiger partial charge in [0, 0.05) is 6.42 Å². The van der Waals surface area contributed by atoms with Crippen LogP contribution in [0.25, 0.3) is 0 Å². The van der Waals surface area contributed by atoms with E-state index < -0.39 is 11.9 Å². The first-order valence-electron chi connectivity index (χ1n) is 3.43. The first-order chi connectivity index (χ1) is 5.66. The van der Waals surface area contributed by atoms with E-state index in [0.29, 0.717) is 6.42 Å². The lowest BCUT2D eigenvalue weighted by Crippen LogP contribution is -2.07. The van der Waals surface area contributed by atoms with Crippen LogP contribution in [0.3, 0.4) is 0 Å². The van der Waals surface area contributed by atoms with Crippen molar-refractivity contribution >= 4 is 11.9 Å². The van der Waals surface area contributed by atoms with E-state index in [9.17, 15) is 9.59 Å². The number of hydrogen-bond donors (Lipinski definition) is 2. The summed E-state index contributed by atoms with van der Waals surface area (Å²) in [5, 5.41) is 8.22. The predicted molar refractivity (Wildman–Crippen MR) is 40.9 cm³/mol. The molecule has 0 amide bonds. The summed E-state index contributed by atoms with van der Waals surface area (Å²) in [7, 11) is 0. The quantitative estimate of drug-likeness (QED) is 0.458. The minimum absolute atomic E-state index is 0.0637. The molecule has 0 rings (SSSR count). The van der Waals surface area contributed by atoms with Crippen LogP contribution >= 0.6 is 0 Å². The van der Waals surface area contributed by atoms with Gasteiger partial charge in [0.2, 0.25) is 0 Å². The minimum Gasteiger partial charge on any atom is -0.481 e. The van der Waals surface area contributed by atoms with Crippen molar-refractivity contribution in [1.82, 2.24) is 0 Å². The summed E-state index contributed by atoms with van der Waals surface area (Å²) in [5.74, 6) is 3.16. The van der Waals surface area contributed by atoms with Crippen molar-refractivity contribution in [3.63, 3.8) is 0 Å². The molecule has 0 aromatic carbocycles. The van der Waals surface area contributed by atoms with E-state index in [4.69, 9.17) is 5.11 Å². The maximum atomic E-state index is 10.4. The van der Waals surface area contributed by atoms with E-state index in [2.05, 4.69) is 10.7 Å². The first kappa shape index (κ1) is 10.6. The lowest BCUT2D eigenvalue weighted by Gasteiger charge is -1.90. The Morgan fingerprint density at radius 1 is 1.42 bits per heavy atom. The number of hydrogen-bond acceptors (Lipinski definition) is 4. The number of carbonyl (C=O) groups is 2. The Morgan fingerprint density at radius 2 is 2.08 bits per heavy atom.